The molecule has 1 aliphatic rings. The molecule has 0 amide bonds. The van der Waals surface area contributed by atoms with E-state index in [1.54, 1.807) is 16.4 Å². The average molecular weight is 364 g/mol. The molecule has 1 heterocycles. The lowest BCUT2D eigenvalue weighted by molar-refractivity contribution is 0.329. The highest BCUT2D eigenvalue weighted by molar-refractivity contribution is 7.89. The summed E-state index contributed by atoms with van der Waals surface area (Å²) in [6, 6.07) is 14.6. The van der Waals surface area contributed by atoms with Crippen molar-refractivity contribution in [2.45, 2.75) is 43.5 Å². The zero-order chi connectivity index (χ0) is 17.2. The Morgan fingerprint density at radius 2 is 1.71 bits per heavy atom. The van der Waals surface area contributed by atoms with Gasteiger partial charge in [-0.25, -0.2) is 8.42 Å². The molecule has 0 saturated carbocycles. The quantitative estimate of drug-likeness (QED) is 0.773. The molecule has 0 radical (unpaired) electrons. The standard InChI is InChI=1S/C19H22ClNO2S/c1-15-9-4-7-13-19(15)24(22,23)21-14-8-2-3-12-18(21)16-10-5-6-11-17(16)20/h4-7,9-11,13,18H,2-3,8,12,14H2,1H3/t18-/m1/s1. The van der Waals surface area contributed by atoms with Gasteiger partial charge in [-0.1, -0.05) is 60.8 Å². The second kappa shape index (κ2) is 7.26. The van der Waals surface area contributed by atoms with Crippen LogP contribution in [0.5, 0.6) is 0 Å². The Kier molecular flexibility index (Phi) is 5.28. The average Bonchev–Trinajstić information content (AvgIpc) is 2.82. The Bertz CT molecular complexity index is 820. The van der Waals surface area contributed by atoms with Crippen LogP contribution in [0.4, 0.5) is 0 Å². The predicted octanol–water partition coefficient (Wildman–Crippen LogP) is 4.95. The van der Waals surface area contributed by atoms with E-state index in [0.29, 0.717) is 16.5 Å². The van der Waals surface area contributed by atoms with Gasteiger partial charge in [-0.15, -0.1) is 0 Å². The first-order valence-electron chi connectivity index (χ1n) is 8.34. The number of sulfonamides is 1. The summed E-state index contributed by atoms with van der Waals surface area (Å²) >= 11 is 6.38. The van der Waals surface area contributed by atoms with E-state index < -0.39 is 10.0 Å². The number of halogens is 1. The summed E-state index contributed by atoms with van der Waals surface area (Å²) < 4.78 is 28.3. The third-order valence-electron chi connectivity index (χ3n) is 4.65. The van der Waals surface area contributed by atoms with E-state index >= 15 is 0 Å². The molecule has 0 aromatic heterocycles. The van der Waals surface area contributed by atoms with Crippen LogP contribution < -0.4 is 0 Å². The molecule has 3 rings (SSSR count). The predicted molar refractivity (Wildman–Crippen MR) is 97.7 cm³/mol. The van der Waals surface area contributed by atoms with E-state index in [9.17, 15) is 8.42 Å². The van der Waals surface area contributed by atoms with Gasteiger partial charge in [-0.2, -0.15) is 4.31 Å². The fraction of sp³-hybridized carbons (Fsp3) is 0.368. The Balaban J connectivity index is 2.08. The Labute approximate surface area is 149 Å². The van der Waals surface area contributed by atoms with Crippen molar-refractivity contribution >= 4 is 21.6 Å². The van der Waals surface area contributed by atoms with Crippen molar-refractivity contribution in [3.8, 4) is 0 Å². The summed E-state index contributed by atoms with van der Waals surface area (Å²) in [4.78, 5) is 0.393. The van der Waals surface area contributed by atoms with E-state index in [2.05, 4.69) is 0 Å². The van der Waals surface area contributed by atoms with E-state index in [1.165, 1.54) is 0 Å². The minimum absolute atomic E-state index is 0.203. The molecule has 1 aliphatic heterocycles. The Morgan fingerprint density at radius 1 is 1.00 bits per heavy atom. The van der Waals surface area contributed by atoms with Crippen molar-refractivity contribution in [2.24, 2.45) is 0 Å². The number of aryl methyl sites for hydroxylation is 1. The summed E-state index contributed by atoms with van der Waals surface area (Å²) in [5, 5.41) is 0.634. The molecule has 0 N–H and O–H groups in total. The maximum Gasteiger partial charge on any atom is 0.243 e. The minimum atomic E-state index is -3.56. The summed E-state index contributed by atoms with van der Waals surface area (Å²) in [5.41, 5.74) is 1.68. The molecule has 1 atom stereocenters. The smallest absolute Gasteiger partial charge is 0.207 e. The van der Waals surface area contributed by atoms with Crippen LogP contribution in [0.3, 0.4) is 0 Å². The van der Waals surface area contributed by atoms with Crippen LogP contribution in [0.1, 0.15) is 42.9 Å². The lowest BCUT2D eigenvalue weighted by Crippen LogP contribution is -2.35. The summed E-state index contributed by atoms with van der Waals surface area (Å²) in [6.07, 6.45) is 3.73. The molecular formula is C19H22ClNO2S. The zero-order valence-electron chi connectivity index (χ0n) is 13.8. The molecule has 3 nitrogen and oxygen atoms in total. The number of nitrogens with zero attached hydrogens (tertiary/aromatic N) is 1. The third-order valence-corrected chi connectivity index (χ3v) is 7.06. The molecule has 2 aromatic carbocycles. The lowest BCUT2D eigenvalue weighted by atomic mass is 10.0. The van der Waals surface area contributed by atoms with Gasteiger partial charge in [0.1, 0.15) is 0 Å². The second-order valence-electron chi connectivity index (χ2n) is 6.27. The highest BCUT2D eigenvalue weighted by Crippen LogP contribution is 2.37. The van der Waals surface area contributed by atoms with E-state index in [-0.39, 0.29) is 6.04 Å². The molecule has 2 aromatic rings. The van der Waals surface area contributed by atoms with Gasteiger partial charge in [0.25, 0.3) is 0 Å². The SMILES string of the molecule is Cc1ccccc1S(=O)(=O)N1CCCCC[C@@H]1c1ccccc1Cl. The largest absolute Gasteiger partial charge is 0.243 e. The summed E-state index contributed by atoms with van der Waals surface area (Å²) in [5.74, 6) is 0. The van der Waals surface area contributed by atoms with Crippen LogP contribution in [0.2, 0.25) is 5.02 Å². The molecule has 0 spiro atoms. The molecular weight excluding hydrogens is 342 g/mol. The van der Waals surface area contributed by atoms with Crippen molar-refractivity contribution in [3.63, 3.8) is 0 Å². The molecule has 1 saturated heterocycles. The van der Waals surface area contributed by atoms with Gasteiger partial charge in [0.05, 0.1) is 10.9 Å². The van der Waals surface area contributed by atoms with Gasteiger partial charge < -0.3 is 0 Å². The van der Waals surface area contributed by atoms with Gasteiger partial charge >= 0.3 is 0 Å². The highest BCUT2D eigenvalue weighted by Gasteiger charge is 2.34. The fourth-order valence-corrected chi connectivity index (χ4v) is 5.56. The molecule has 5 heteroatoms. The monoisotopic (exact) mass is 363 g/mol. The first-order chi connectivity index (χ1) is 11.5. The van der Waals surface area contributed by atoms with Gasteiger partial charge in [0.2, 0.25) is 10.0 Å². The van der Waals surface area contributed by atoms with Crippen LogP contribution in [-0.2, 0) is 10.0 Å². The van der Waals surface area contributed by atoms with Crippen molar-refractivity contribution in [1.29, 1.82) is 0 Å². The van der Waals surface area contributed by atoms with Crippen LogP contribution in [0.25, 0.3) is 0 Å². The lowest BCUT2D eigenvalue weighted by Gasteiger charge is -2.30. The first-order valence-corrected chi connectivity index (χ1v) is 10.2. The molecule has 0 bridgehead atoms. The number of benzene rings is 2. The van der Waals surface area contributed by atoms with Crippen LogP contribution in [-0.4, -0.2) is 19.3 Å². The fourth-order valence-electron chi connectivity index (χ4n) is 3.40. The van der Waals surface area contributed by atoms with Gasteiger partial charge in [0, 0.05) is 11.6 Å². The number of rotatable bonds is 3. The molecule has 0 aliphatic carbocycles. The van der Waals surface area contributed by atoms with Crippen molar-refractivity contribution in [2.75, 3.05) is 6.54 Å². The topological polar surface area (TPSA) is 37.4 Å². The van der Waals surface area contributed by atoms with Crippen LogP contribution in [0.15, 0.2) is 53.4 Å². The molecule has 1 fully saturated rings. The maximum absolute atomic E-state index is 13.3. The van der Waals surface area contributed by atoms with Gasteiger partial charge in [-0.3, -0.25) is 0 Å². The summed E-state index contributed by atoms with van der Waals surface area (Å²) in [6.45, 7) is 2.38. The van der Waals surface area contributed by atoms with Gasteiger partial charge in [0.15, 0.2) is 0 Å². The maximum atomic E-state index is 13.3. The van der Waals surface area contributed by atoms with Crippen molar-refractivity contribution in [1.82, 2.24) is 4.31 Å². The van der Waals surface area contributed by atoms with Crippen molar-refractivity contribution in [3.05, 3.63) is 64.7 Å². The zero-order valence-corrected chi connectivity index (χ0v) is 15.4. The third kappa shape index (κ3) is 3.37. The van der Waals surface area contributed by atoms with Crippen LogP contribution >= 0.6 is 11.6 Å². The number of hydrogen-bond donors (Lipinski definition) is 0. The second-order valence-corrected chi connectivity index (χ2v) is 8.53. The number of hydrogen-bond acceptors (Lipinski definition) is 2. The van der Waals surface area contributed by atoms with E-state index in [0.717, 1.165) is 36.8 Å². The van der Waals surface area contributed by atoms with Crippen molar-refractivity contribution < 1.29 is 8.42 Å². The van der Waals surface area contributed by atoms with E-state index in [4.69, 9.17) is 11.6 Å². The van der Waals surface area contributed by atoms with Crippen LogP contribution in [0, 0.1) is 6.92 Å². The Hall–Kier alpha value is -1.36. The highest BCUT2D eigenvalue weighted by atomic mass is 35.5. The molecule has 24 heavy (non-hydrogen) atoms. The normalized spacial score (nSPS) is 19.8. The minimum Gasteiger partial charge on any atom is -0.207 e. The van der Waals surface area contributed by atoms with E-state index in [1.807, 2.05) is 43.3 Å². The molecule has 0 unspecified atom stereocenters. The first kappa shape index (κ1) is 17.5. The van der Waals surface area contributed by atoms with Gasteiger partial charge in [-0.05, 0) is 43.0 Å². The molecule has 128 valence electrons. The Morgan fingerprint density at radius 3 is 2.46 bits per heavy atom. The summed E-state index contributed by atoms with van der Waals surface area (Å²) in [7, 11) is -3.56.